The molecule has 0 radical (unpaired) electrons. The predicted octanol–water partition coefficient (Wildman–Crippen LogP) is 6.02. The van der Waals surface area contributed by atoms with Crippen molar-refractivity contribution in [1.29, 1.82) is 0 Å². The minimum absolute atomic E-state index is 0.588. The Kier molecular flexibility index (Phi) is 4.79. The average molecular weight is 365 g/mol. The van der Waals surface area contributed by atoms with Crippen LogP contribution in [0.15, 0.2) is 40.9 Å². The maximum Gasteiger partial charge on any atom is 0.0721 e. The number of nitrogens with one attached hydrogen (secondary N) is 1. The van der Waals surface area contributed by atoms with E-state index >= 15 is 0 Å². The lowest BCUT2D eigenvalue weighted by Gasteiger charge is -2.11. The Balaban J connectivity index is 2.19. The fraction of sp³-hybridized carbons (Fsp3) is 0.0769. The van der Waals surface area contributed by atoms with Crippen LogP contribution in [0, 0.1) is 0 Å². The lowest BCUT2D eigenvalue weighted by molar-refractivity contribution is 1.14. The summed E-state index contributed by atoms with van der Waals surface area (Å²) in [6.45, 7) is 0.588. The van der Waals surface area contributed by atoms with E-state index in [-0.39, 0.29) is 0 Å². The number of anilines is 1. The van der Waals surface area contributed by atoms with Crippen molar-refractivity contribution < 1.29 is 0 Å². The van der Waals surface area contributed by atoms with E-state index < -0.39 is 0 Å². The zero-order chi connectivity index (χ0) is 13.1. The molecule has 2 aromatic rings. The summed E-state index contributed by atoms with van der Waals surface area (Å²) in [4.78, 5) is 0. The molecule has 0 bridgehead atoms. The van der Waals surface area contributed by atoms with Gasteiger partial charge in [0.25, 0.3) is 0 Å². The molecule has 5 heteroatoms. The van der Waals surface area contributed by atoms with E-state index in [9.17, 15) is 0 Å². The van der Waals surface area contributed by atoms with Crippen molar-refractivity contribution in [3.05, 3.63) is 61.5 Å². The van der Waals surface area contributed by atoms with Gasteiger partial charge in [0, 0.05) is 16.0 Å². The highest BCUT2D eigenvalue weighted by Gasteiger charge is 2.06. The van der Waals surface area contributed by atoms with Crippen molar-refractivity contribution in [2.45, 2.75) is 6.54 Å². The van der Waals surface area contributed by atoms with E-state index in [2.05, 4.69) is 21.2 Å². The largest absolute Gasteiger partial charge is 0.379 e. The fourth-order valence-electron chi connectivity index (χ4n) is 1.53. The van der Waals surface area contributed by atoms with Crippen LogP contribution in [0.2, 0.25) is 15.1 Å². The molecule has 0 spiro atoms. The van der Waals surface area contributed by atoms with Gasteiger partial charge in [0.2, 0.25) is 0 Å². The molecule has 0 amide bonds. The van der Waals surface area contributed by atoms with Crippen LogP contribution in [0.5, 0.6) is 0 Å². The van der Waals surface area contributed by atoms with Crippen LogP contribution in [0.4, 0.5) is 5.69 Å². The summed E-state index contributed by atoms with van der Waals surface area (Å²) in [6.07, 6.45) is 0. The number of hydrogen-bond acceptors (Lipinski definition) is 1. The van der Waals surface area contributed by atoms with Crippen molar-refractivity contribution in [3.63, 3.8) is 0 Å². The third-order valence-corrected chi connectivity index (χ3v) is 4.06. The number of hydrogen-bond donors (Lipinski definition) is 1. The molecule has 2 aromatic carbocycles. The van der Waals surface area contributed by atoms with Crippen LogP contribution in [-0.2, 0) is 6.54 Å². The Hall–Kier alpha value is -0.410. The minimum Gasteiger partial charge on any atom is -0.379 e. The highest BCUT2D eigenvalue weighted by molar-refractivity contribution is 9.10. The first-order valence-electron chi connectivity index (χ1n) is 5.20. The molecular formula is C13H9BrCl3N. The first-order chi connectivity index (χ1) is 8.58. The maximum absolute atomic E-state index is 6.08. The average Bonchev–Trinajstić information content (AvgIpc) is 2.33. The van der Waals surface area contributed by atoms with Crippen molar-refractivity contribution >= 4 is 56.4 Å². The van der Waals surface area contributed by atoms with Crippen molar-refractivity contribution in [1.82, 2.24) is 0 Å². The lowest BCUT2D eigenvalue weighted by Crippen LogP contribution is -2.01. The highest BCUT2D eigenvalue weighted by atomic mass is 79.9. The van der Waals surface area contributed by atoms with E-state index in [0.717, 1.165) is 15.7 Å². The van der Waals surface area contributed by atoms with Crippen LogP contribution < -0.4 is 5.32 Å². The molecule has 0 fully saturated rings. The number of halogens is 4. The molecule has 0 saturated heterocycles. The molecule has 0 aliphatic heterocycles. The van der Waals surface area contributed by atoms with Gasteiger partial charge < -0.3 is 5.32 Å². The van der Waals surface area contributed by atoms with Gasteiger partial charge in [-0.1, -0.05) is 56.8 Å². The van der Waals surface area contributed by atoms with Gasteiger partial charge in [-0.3, -0.25) is 0 Å². The van der Waals surface area contributed by atoms with Crippen LogP contribution >= 0.6 is 50.7 Å². The van der Waals surface area contributed by atoms with Crippen LogP contribution in [-0.4, -0.2) is 0 Å². The molecule has 0 aromatic heterocycles. The molecule has 0 aliphatic rings. The van der Waals surface area contributed by atoms with Crippen molar-refractivity contribution in [3.8, 4) is 0 Å². The zero-order valence-electron chi connectivity index (χ0n) is 9.18. The first-order valence-corrected chi connectivity index (χ1v) is 7.12. The molecule has 1 N–H and O–H groups in total. The van der Waals surface area contributed by atoms with Gasteiger partial charge in [-0.05, 0) is 35.9 Å². The monoisotopic (exact) mass is 363 g/mol. The van der Waals surface area contributed by atoms with Crippen molar-refractivity contribution in [2.24, 2.45) is 0 Å². The molecule has 0 atom stereocenters. The van der Waals surface area contributed by atoms with Gasteiger partial charge in [0.05, 0.1) is 15.7 Å². The van der Waals surface area contributed by atoms with Crippen LogP contribution in [0.3, 0.4) is 0 Å². The molecule has 0 heterocycles. The second-order valence-corrected chi connectivity index (χ2v) is 5.79. The molecular weight excluding hydrogens is 356 g/mol. The Morgan fingerprint density at radius 2 is 1.67 bits per heavy atom. The minimum atomic E-state index is 0.588. The van der Waals surface area contributed by atoms with Gasteiger partial charge in [0.15, 0.2) is 0 Å². The van der Waals surface area contributed by atoms with E-state index in [4.69, 9.17) is 34.8 Å². The third kappa shape index (κ3) is 3.33. The summed E-state index contributed by atoms with van der Waals surface area (Å²) < 4.78 is 0.988. The van der Waals surface area contributed by atoms with Gasteiger partial charge in [-0.2, -0.15) is 0 Å². The van der Waals surface area contributed by atoms with Gasteiger partial charge in [-0.15, -0.1) is 0 Å². The second kappa shape index (κ2) is 6.16. The molecule has 94 valence electrons. The van der Waals surface area contributed by atoms with Crippen LogP contribution in [0.25, 0.3) is 0 Å². The topological polar surface area (TPSA) is 12.0 Å². The summed E-state index contributed by atoms with van der Waals surface area (Å²) in [5.41, 5.74) is 1.77. The summed E-state index contributed by atoms with van der Waals surface area (Å²) in [6, 6.07) is 11.0. The smallest absolute Gasteiger partial charge is 0.0721 e. The number of para-hydroxylation sites is 1. The molecule has 0 unspecified atom stereocenters. The van der Waals surface area contributed by atoms with Gasteiger partial charge in [0.1, 0.15) is 0 Å². The lowest BCUT2D eigenvalue weighted by atomic mass is 10.2. The van der Waals surface area contributed by atoms with E-state index in [1.54, 1.807) is 12.1 Å². The number of benzene rings is 2. The molecule has 1 nitrogen and oxygen atoms in total. The van der Waals surface area contributed by atoms with Gasteiger partial charge >= 0.3 is 0 Å². The Bertz CT molecular complexity index is 552. The van der Waals surface area contributed by atoms with Crippen LogP contribution in [0.1, 0.15) is 5.56 Å². The summed E-state index contributed by atoms with van der Waals surface area (Å²) in [5, 5.41) is 5.10. The molecule has 18 heavy (non-hydrogen) atoms. The van der Waals surface area contributed by atoms with E-state index in [0.29, 0.717) is 21.6 Å². The predicted molar refractivity (Wildman–Crippen MR) is 82.9 cm³/mol. The quantitative estimate of drug-likeness (QED) is 0.701. The molecule has 2 rings (SSSR count). The third-order valence-electron chi connectivity index (χ3n) is 2.43. The zero-order valence-corrected chi connectivity index (χ0v) is 13.0. The normalized spacial score (nSPS) is 10.4. The SMILES string of the molecule is Clc1ccc(Br)c(CNc2c(Cl)cccc2Cl)c1. The number of rotatable bonds is 3. The maximum atomic E-state index is 6.08. The second-order valence-electron chi connectivity index (χ2n) is 3.69. The Morgan fingerprint density at radius 3 is 2.33 bits per heavy atom. The Morgan fingerprint density at radius 1 is 1.00 bits per heavy atom. The summed E-state index contributed by atoms with van der Waals surface area (Å²) in [5.74, 6) is 0. The Labute approximate surface area is 129 Å². The van der Waals surface area contributed by atoms with Crippen molar-refractivity contribution in [2.75, 3.05) is 5.32 Å². The highest BCUT2D eigenvalue weighted by Crippen LogP contribution is 2.31. The van der Waals surface area contributed by atoms with Gasteiger partial charge in [-0.25, -0.2) is 0 Å². The fourth-order valence-corrected chi connectivity index (χ4v) is 2.64. The van der Waals surface area contributed by atoms with E-state index in [1.165, 1.54) is 0 Å². The summed E-state index contributed by atoms with van der Waals surface area (Å²) >= 11 is 21.6. The first kappa shape index (κ1) is 14.0. The van der Waals surface area contributed by atoms with E-state index in [1.807, 2.05) is 24.3 Å². The molecule has 0 aliphatic carbocycles. The molecule has 0 saturated carbocycles. The summed E-state index contributed by atoms with van der Waals surface area (Å²) in [7, 11) is 0. The standard InChI is InChI=1S/C13H9BrCl3N/c14-10-5-4-9(15)6-8(10)7-18-13-11(16)2-1-3-12(13)17/h1-6,18H,7H2.